The molecule has 6 nitrogen and oxygen atoms in total. The lowest BCUT2D eigenvalue weighted by Crippen LogP contribution is -2.22. The van der Waals surface area contributed by atoms with Crippen LogP contribution in [0.5, 0.6) is 0 Å². The van der Waals surface area contributed by atoms with Crippen molar-refractivity contribution in [1.82, 2.24) is 0 Å². The molecule has 0 aromatic carbocycles. The van der Waals surface area contributed by atoms with Gasteiger partial charge in [-0.1, -0.05) is 6.42 Å². The number of nitrogens with zero attached hydrogens (tertiary/aromatic N) is 1. The molecule has 6 heteroatoms. The lowest BCUT2D eigenvalue weighted by Gasteiger charge is -2.22. The van der Waals surface area contributed by atoms with Crippen molar-refractivity contribution < 1.29 is 24.7 Å². The van der Waals surface area contributed by atoms with Crippen LogP contribution < -0.4 is 0 Å². The van der Waals surface area contributed by atoms with Crippen LogP contribution in [0.3, 0.4) is 0 Å². The molecule has 1 fully saturated rings. The lowest BCUT2D eigenvalue weighted by atomic mass is 10.0. The Bertz CT molecular complexity index is 310. The second-order valence-corrected chi connectivity index (χ2v) is 6.06. The van der Waals surface area contributed by atoms with Crippen LogP contribution in [0.15, 0.2) is 0 Å². The Kier molecular flexibility index (Phi) is 10.2. The fraction of sp³-hybridized carbons (Fsp3) is 0.938. The molecule has 2 atom stereocenters. The molecule has 0 aromatic heterocycles. The predicted molar refractivity (Wildman–Crippen MR) is 84.0 cm³/mol. The maximum absolute atomic E-state index is 11.1. The third-order valence-electron chi connectivity index (χ3n) is 3.91. The molecule has 0 spiro atoms. The summed E-state index contributed by atoms with van der Waals surface area (Å²) < 4.78 is 11.1. The number of aliphatic hydroxyl groups excluding tert-OH is 1. The second-order valence-electron chi connectivity index (χ2n) is 6.06. The van der Waals surface area contributed by atoms with Gasteiger partial charge >= 0.3 is 0 Å². The minimum Gasteiger partial charge on any atom is -0.418 e. The Balaban J connectivity index is 2.04. The third kappa shape index (κ3) is 9.23. The fourth-order valence-corrected chi connectivity index (χ4v) is 2.58. The van der Waals surface area contributed by atoms with Crippen LogP contribution >= 0.6 is 0 Å². The highest BCUT2D eigenvalue weighted by Gasteiger charge is 2.14. The van der Waals surface area contributed by atoms with Crippen LogP contribution in [0.2, 0.25) is 0 Å². The van der Waals surface area contributed by atoms with Crippen molar-refractivity contribution in [2.24, 2.45) is 0 Å². The summed E-state index contributed by atoms with van der Waals surface area (Å²) in [6.07, 6.45) is 8.13. The number of hydrogen-bond acceptors (Lipinski definition) is 5. The summed E-state index contributed by atoms with van der Waals surface area (Å²) >= 11 is 0. The van der Waals surface area contributed by atoms with Crippen LogP contribution in [0, 0.1) is 5.21 Å². The first-order valence-corrected chi connectivity index (χ1v) is 8.51. The fourth-order valence-electron chi connectivity index (χ4n) is 2.58. The van der Waals surface area contributed by atoms with Gasteiger partial charge < -0.3 is 19.8 Å². The lowest BCUT2D eigenvalue weighted by molar-refractivity contribution is -0.727. The van der Waals surface area contributed by atoms with Gasteiger partial charge in [0.1, 0.15) is 0 Å². The van der Waals surface area contributed by atoms with Crippen molar-refractivity contribution in [3.05, 3.63) is 5.21 Å². The van der Waals surface area contributed by atoms with Crippen molar-refractivity contribution in [3.63, 3.8) is 0 Å². The molecule has 0 bridgehead atoms. The van der Waals surface area contributed by atoms with Gasteiger partial charge in [-0.3, -0.25) is 5.21 Å². The first kappa shape index (κ1) is 19.2. The molecular formula is C16H31NO5. The standard InChI is InChI=1S/C16H31NO5/c1-14(18)8-7-10-15(17(19)20)9-3-2-5-12-21-16-11-4-6-13-22-16/h14,16,18H,2-13H2,1H3,(H,19,20). The highest BCUT2D eigenvalue weighted by molar-refractivity contribution is 5.79. The zero-order valence-corrected chi connectivity index (χ0v) is 13.7. The third-order valence-corrected chi connectivity index (χ3v) is 3.91. The largest absolute Gasteiger partial charge is 0.418 e. The SMILES string of the molecule is CC(O)CCC/C(CCCCCOC1CCCCO1)=[N+](/[O-])O. The van der Waals surface area contributed by atoms with E-state index in [0.717, 1.165) is 38.7 Å². The highest BCUT2D eigenvalue weighted by atomic mass is 16.8. The number of aliphatic hydroxyl groups is 1. The molecule has 0 radical (unpaired) electrons. The van der Waals surface area contributed by atoms with E-state index in [1.54, 1.807) is 6.92 Å². The van der Waals surface area contributed by atoms with E-state index in [4.69, 9.17) is 14.7 Å². The Morgan fingerprint density at radius 3 is 2.68 bits per heavy atom. The summed E-state index contributed by atoms with van der Waals surface area (Å²) in [4.78, 5) is -0.00555. The first-order valence-electron chi connectivity index (χ1n) is 8.51. The highest BCUT2D eigenvalue weighted by Crippen LogP contribution is 2.14. The van der Waals surface area contributed by atoms with Gasteiger partial charge in [0.2, 0.25) is 5.71 Å². The average molecular weight is 317 g/mol. The van der Waals surface area contributed by atoms with Crippen LogP contribution in [0.25, 0.3) is 0 Å². The predicted octanol–water partition coefficient (Wildman–Crippen LogP) is 2.98. The van der Waals surface area contributed by atoms with E-state index in [2.05, 4.69) is 0 Å². The molecule has 1 aliphatic heterocycles. The molecule has 130 valence electrons. The molecule has 1 saturated heterocycles. The van der Waals surface area contributed by atoms with Gasteiger partial charge in [-0.2, -0.15) is 0 Å². The zero-order valence-electron chi connectivity index (χ0n) is 13.7. The van der Waals surface area contributed by atoms with Gasteiger partial charge in [-0.15, -0.1) is 0 Å². The number of hydrogen-bond donors (Lipinski definition) is 2. The monoisotopic (exact) mass is 317 g/mol. The van der Waals surface area contributed by atoms with E-state index in [1.165, 1.54) is 6.42 Å². The van der Waals surface area contributed by atoms with Crippen molar-refractivity contribution in [3.8, 4) is 0 Å². The topological polar surface area (TPSA) is 85.0 Å². The van der Waals surface area contributed by atoms with E-state index in [9.17, 15) is 10.3 Å². The van der Waals surface area contributed by atoms with Crippen molar-refractivity contribution in [1.29, 1.82) is 0 Å². The Morgan fingerprint density at radius 2 is 2.05 bits per heavy atom. The molecule has 1 rings (SSSR count). The molecule has 1 aliphatic rings. The summed E-state index contributed by atoms with van der Waals surface area (Å²) in [6, 6.07) is 0. The van der Waals surface area contributed by atoms with Gasteiger partial charge in [0, 0.05) is 31.0 Å². The Morgan fingerprint density at radius 1 is 1.27 bits per heavy atom. The van der Waals surface area contributed by atoms with Crippen molar-refractivity contribution >= 4 is 5.71 Å². The van der Waals surface area contributed by atoms with Crippen LogP contribution in [0.4, 0.5) is 0 Å². The molecule has 0 saturated carbocycles. The van der Waals surface area contributed by atoms with Crippen molar-refractivity contribution in [2.45, 2.75) is 83.5 Å². The maximum Gasteiger partial charge on any atom is 0.221 e. The van der Waals surface area contributed by atoms with Crippen LogP contribution in [-0.2, 0) is 9.47 Å². The van der Waals surface area contributed by atoms with Gasteiger partial charge in [0.05, 0.1) is 6.10 Å². The minimum absolute atomic E-state index is 0.00555. The van der Waals surface area contributed by atoms with E-state index < -0.39 is 0 Å². The molecule has 0 aromatic rings. The second kappa shape index (κ2) is 11.7. The molecular weight excluding hydrogens is 286 g/mol. The maximum atomic E-state index is 11.1. The summed E-state index contributed by atoms with van der Waals surface area (Å²) in [5.41, 5.74) is 0.497. The smallest absolute Gasteiger partial charge is 0.221 e. The van der Waals surface area contributed by atoms with Crippen LogP contribution in [0.1, 0.15) is 71.1 Å². The first-order chi connectivity index (χ1) is 10.6. The summed E-state index contributed by atoms with van der Waals surface area (Å²) in [5, 5.41) is 29.4. The minimum atomic E-state index is -0.362. The molecule has 2 N–H and O–H groups in total. The average Bonchev–Trinajstić information content (AvgIpc) is 2.49. The summed E-state index contributed by atoms with van der Waals surface area (Å²) in [6.45, 7) is 3.21. The van der Waals surface area contributed by atoms with Gasteiger partial charge in [0.15, 0.2) is 6.29 Å². The van der Waals surface area contributed by atoms with Crippen molar-refractivity contribution in [2.75, 3.05) is 13.2 Å². The summed E-state index contributed by atoms with van der Waals surface area (Å²) in [5.74, 6) is 0. The van der Waals surface area contributed by atoms with E-state index >= 15 is 0 Å². The Hall–Kier alpha value is -0.850. The zero-order chi connectivity index (χ0) is 16.2. The van der Waals surface area contributed by atoms with E-state index in [0.29, 0.717) is 38.0 Å². The number of unbranched alkanes of at least 4 members (excludes halogenated alkanes) is 2. The van der Waals surface area contributed by atoms with Gasteiger partial charge in [0.25, 0.3) is 0 Å². The molecule has 0 aliphatic carbocycles. The van der Waals surface area contributed by atoms with E-state index in [1.807, 2.05) is 0 Å². The molecule has 22 heavy (non-hydrogen) atoms. The number of ether oxygens (including phenoxy) is 2. The molecule has 0 amide bonds. The Labute approximate surface area is 133 Å². The number of rotatable bonds is 11. The molecule has 1 heterocycles. The normalized spacial score (nSPS) is 21.5. The van der Waals surface area contributed by atoms with E-state index in [-0.39, 0.29) is 17.3 Å². The van der Waals surface area contributed by atoms with Gasteiger partial charge in [-0.05, 0) is 51.9 Å². The summed E-state index contributed by atoms with van der Waals surface area (Å²) in [7, 11) is 0. The molecule has 2 unspecified atom stereocenters. The quantitative estimate of drug-likeness (QED) is 0.201. The van der Waals surface area contributed by atoms with Gasteiger partial charge in [-0.25, -0.2) is 0 Å². The van der Waals surface area contributed by atoms with Crippen LogP contribution in [-0.4, -0.2) is 46.5 Å².